The molecule has 0 saturated carbocycles. The summed E-state index contributed by atoms with van der Waals surface area (Å²) in [6.07, 6.45) is 0. The third-order valence-corrected chi connectivity index (χ3v) is 4.52. The molecule has 0 bridgehead atoms. The monoisotopic (exact) mass is 258 g/mol. The molecule has 0 fully saturated rings. The summed E-state index contributed by atoms with van der Waals surface area (Å²) in [6.45, 7) is 3.26. The van der Waals surface area contributed by atoms with Crippen LogP contribution in [0.4, 0.5) is 4.39 Å². The number of benzene rings is 1. The first-order valence-electron chi connectivity index (χ1n) is 5.22. The Labute approximate surface area is 102 Å². The summed E-state index contributed by atoms with van der Waals surface area (Å²) in [5, 5.41) is -0.501. The molecule has 0 radical (unpaired) electrons. The van der Waals surface area contributed by atoms with Crippen molar-refractivity contribution in [2.75, 3.05) is 7.11 Å². The molecular formula is C12H15FO3S. The third-order valence-electron chi connectivity index (χ3n) is 2.67. The number of rotatable bonds is 4. The molecule has 3 nitrogen and oxygen atoms in total. The molecular weight excluding hydrogens is 243 g/mol. The van der Waals surface area contributed by atoms with Crippen molar-refractivity contribution in [2.24, 2.45) is 5.92 Å². The summed E-state index contributed by atoms with van der Waals surface area (Å²) in [5.41, 5.74) is 0. The largest absolute Gasteiger partial charge is 0.469 e. The Morgan fingerprint density at radius 2 is 1.94 bits per heavy atom. The van der Waals surface area contributed by atoms with Gasteiger partial charge in [-0.3, -0.25) is 9.00 Å². The van der Waals surface area contributed by atoms with E-state index < -0.39 is 33.8 Å². The van der Waals surface area contributed by atoms with Gasteiger partial charge in [-0.2, -0.15) is 0 Å². The topological polar surface area (TPSA) is 43.4 Å². The fraction of sp³-hybridized carbons (Fsp3) is 0.417. The van der Waals surface area contributed by atoms with Gasteiger partial charge in [0, 0.05) is 5.25 Å². The van der Waals surface area contributed by atoms with Crippen LogP contribution in [-0.2, 0) is 20.3 Å². The Morgan fingerprint density at radius 1 is 1.35 bits per heavy atom. The van der Waals surface area contributed by atoms with Gasteiger partial charge in [-0.25, -0.2) is 4.39 Å². The molecule has 0 aliphatic carbocycles. The molecule has 94 valence electrons. The number of ether oxygens (including phenoxy) is 1. The van der Waals surface area contributed by atoms with Gasteiger partial charge in [0.15, 0.2) is 0 Å². The van der Waals surface area contributed by atoms with Crippen molar-refractivity contribution >= 4 is 16.8 Å². The van der Waals surface area contributed by atoms with Crippen molar-refractivity contribution in [3.8, 4) is 0 Å². The number of hydrogen-bond acceptors (Lipinski definition) is 3. The molecule has 0 saturated heterocycles. The van der Waals surface area contributed by atoms with Gasteiger partial charge < -0.3 is 4.74 Å². The SMILES string of the molecule is COC(=O)C(C)C(C)S(=O)c1ccccc1F. The number of hydrogen-bond donors (Lipinski definition) is 0. The second kappa shape index (κ2) is 5.91. The zero-order valence-corrected chi connectivity index (χ0v) is 10.8. The molecule has 0 heterocycles. The molecule has 0 aliphatic heterocycles. The molecule has 1 aromatic carbocycles. The number of carbonyl (C=O) groups excluding carboxylic acids is 1. The van der Waals surface area contributed by atoms with Gasteiger partial charge in [-0.1, -0.05) is 19.1 Å². The van der Waals surface area contributed by atoms with Gasteiger partial charge in [0.25, 0.3) is 0 Å². The van der Waals surface area contributed by atoms with Gasteiger partial charge in [0.05, 0.1) is 28.7 Å². The molecule has 3 atom stereocenters. The molecule has 0 aromatic heterocycles. The van der Waals surface area contributed by atoms with Gasteiger partial charge in [-0.15, -0.1) is 0 Å². The molecule has 1 rings (SSSR count). The normalized spacial score (nSPS) is 16.0. The van der Waals surface area contributed by atoms with Crippen LogP contribution in [0.5, 0.6) is 0 Å². The molecule has 0 N–H and O–H groups in total. The molecule has 0 aliphatic rings. The van der Waals surface area contributed by atoms with E-state index in [9.17, 15) is 13.4 Å². The van der Waals surface area contributed by atoms with Gasteiger partial charge in [0.2, 0.25) is 0 Å². The quantitative estimate of drug-likeness (QED) is 0.777. The lowest BCUT2D eigenvalue weighted by atomic mass is 10.1. The Morgan fingerprint density at radius 3 is 2.47 bits per heavy atom. The maximum Gasteiger partial charge on any atom is 0.309 e. The minimum absolute atomic E-state index is 0.121. The maximum atomic E-state index is 13.4. The minimum atomic E-state index is -1.57. The van der Waals surface area contributed by atoms with E-state index >= 15 is 0 Å². The number of esters is 1. The van der Waals surface area contributed by atoms with E-state index in [2.05, 4.69) is 4.74 Å². The highest BCUT2D eigenvalue weighted by Gasteiger charge is 2.27. The standard InChI is InChI=1S/C12H15FO3S/c1-8(12(14)16-3)9(2)17(15)11-7-5-4-6-10(11)13/h4-9H,1-3H3. The highest BCUT2D eigenvalue weighted by atomic mass is 32.2. The summed E-state index contributed by atoms with van der Waals surface area (Å²) in [7, 11) is -0.292. The lowest BCUT2D eigenvalue weighted by Crippen LogP contribution is -2.28. The van der Waals surface area contributed by atoms with Crippen molar-refractivity contribution in [3.63, 3.8) is 0 Å². The molecule has 3 unspecified atom stereocenters. The summed E-state index contributed by atoms with van der Waals surface area (Å²) < 4.78 is 30.1. The fourth-order valence-corrected chi connectivity index (χ4v) is 2.73. The van der Waals surface area contributed by atoms with Gasteiger partial charge in [0.1, 0.15) is 5.82 Å². The molecule has 5 heteroatoms. The molecule has 1 aromatic rings. The predicted molar refractivity (Wildman–Crippen MR) is 63.5 cm³/mol. The number of halogens is 1. The second-order valence-corrected chi connectivity index (χ2v) is 5.52. The van der Waals surface area contributed by atoms with E-state index in [1.54, 1.807) is 19.9 Å². The second-order valence-electron chi connectivity index (χ2n) is 3.74. The smallest absolute Gasteiger partial charge is 0.309 e. The average molecular weight is 258 g/mol. The summed E-state index contributed by atoms with van der Waals surface area (Å²) in [4.78, 5) is 11.4. The van der Waals surface area contributed by atoms with Gasteiger partial charge in [-0.05, 0) is 19.1 Å². The first kappa shape index (κ1) is 13.8. The van der Waals surface area contributed by atoms with Crippen molar-refractivity contribution < 1.29 is 18.1 Å². The third kappa shape index (κ3) is 3.12. The van der Waals surface area contributed by atoms with Crippen molar-refractivity contribution in [2.45, 2.75) is 24.0 Å². The minimum Gasteiger partial charge on any atom is -0.469 e. The van der Waals surface area contributed by atoms with Crippen molar-refractivity contribution in [1.29, 1.82) is 0 Å². The lowest BCUT2D eigenvalue weighted by molar-refractivity contribution is -0.144. The Balaban J connectivity index is 2.91. The summed E-state index contributed by atoms with van der Waals surface area (Å²) in [5.74, 6) is -1.50. The van der Waals surface area contributed by atoms with Crippen LogP contribution in [0, 0.1) is 11.7 Å². The Bertz CT molecular complexity index is 434. The number of carbonyl (C=O) groups is 1. The van der Waals surface area contributed by atoms with Crippen LogP contribution in [0.25, 0.3) is 0 Å². The van der Waals surface area contributed by atoms with Crippen LogP contribution < -0.4 is 0 Å². The van der Waals surface area contributed by atoms with E-state index in [1.807, 2.05) is 0 Å². The number of methoxy groups -OCH3 is 1. The van der Waals surface area contributed by atoms with E-state index in [0.717, 1.165) is 0 Å². The first-order valence-corrected chi connectivity index (χ1v) is 6.43. The van der Waals surface area contributed by atoms with E-state index in [-0.39, 0.29) is 4.90 Å². The predicted octanol–water partition coefficient (Wildman–Crippen LogP) is 2.13. The Hall–Kier alpha value is -1.23. The van der Waals surface area contributed by atoms with E-state index in [4.69, 9.17) is 0 Å². The van der Waals surface area contributed by atoms with Crippen LogP contribution in [0.2, 0.25) is 0 Å². The average Bonchev–Trinajstić information content (AvgIpc) is 2.35. The summed E-state index contributed by atoms with van der Waals surface area (Å²) in [6, 6.07) is 5.87. The van der Waals surface area contributed by atoms with Crippen LogP contribution >= 0.6 is 0 Å². The molecule has 0 amide bonds. The first-order chi connectivity index (χ1) is 7.99. The van der Waals surface area contributed by atoms with E-state index in [0.29, 0.717) is 0 Å². The van der Waals surface area contributed by atoms with Crippen LogP contribution in [0.1, 0.15) is 13.8 Å². The Kier molecular flexibility index (Phi) is 4.81. The van der Waals surface area contributed by atoms with E-state index in [1.165, 1.54) is 25.3 Å². The maximum absolute atomic E-state index is 13.4. The van der Waals surface area contributed by atoms with Gasteiger partial charge >= 0.3 is 5.97 Å². The highest BCUT2D eigenvalue weighted by molar-refractivity contribution is 7.85. The van der Waals surface area contributed by atoms with Crippen LogP contribution in [-0.4, -0.2) is 22.5 Å². The molecule has 17 heavy (non-hydrogen) atoms. The zero-order chi connectivity index (χ0) is 13.0. The zero-order valence-electron chi connectivity index (χ0n) is 9.98. The van der Waals surface area contributed by atoms with Crippen molar-refractivity contribution in [3.05, 3.63) is 30.1 Å². The molecule has 0 spiro atoms. The fourth-order valence-electron chi connectivity index (χ4n) is 1.37. The van der Waals surface area contributed by atoms with Crippen molar-refractivity contribution in [1.82, 2.24) is 0 Å². The summed E-state index contributed by atoms with van der Waals surface area (Å²) >= 11 is 0. The van der Waals surface area contributed by atoms with Crippen LogP contribution in [0.3, 0.4) is 0 Å². The highest BCUT2D eigenvalue weighted by Crippen LogP contribution is 2.20. The van der Waals surface area contributed by atoms with Crippen LogP contribution in [0.15, 0.2) is 29.2 Å². The lowest BCUT2D eigenvalue weighted by Gasteiger charge is -2.17.